The Morgan fingerprint density at radius 2 is 1.65 bits per heavy atom. The lowest BCUT2D eigenvalue weighted by atomic mass is 10.1. The van der Waals surface area contributed by atoms with Gasteiger partial charge in [0.05, 0.1) is 17.4 Å². The molecule has 176 valence electrons. The van der Waals surface area contributed by atoms with E-state index in [1.807, 2.05) is 63.9 Å². The molecule has 1 aliphatic rings. The van der Waals surface area contributed by atoms with Crippen LogP contribution in [0.15, 0.2) is 59.4 Å². The Kier molecular flexibility index (Phi) is 6.15. The van der Waals surface area contributed by atoms with E-state index in [9.17, 15) is 9.59 Å². The van der Waals surface area contributed by atoms with Crippen LogP contribution in [0.2, 0.25) is 0 Å². The van der Waals surface area contributed by atoms with E-state index in [-0.39, 0.29) is 11.5 Å². The number of rotatable bonds is 6. The van der Waals surface area contributed by atoms with Crippen molar-refractivity contribution in [3.05, 3.63) is 76.3 Å². The topological polar surface area (TPSA) is 75.7 Å². The van der Waals surface area contributed by atoms with Crippen LogP contribution in [-0.4, -0.2) is 61.1 Å². The molecule has 34 heavy (non-hydrogen) atoms. The zero-order valence-electron chi connectivity index (χ0n) is 19.7. The van der Waals surface area contributed by atoms with Gasteiger partial charge in [-0.25, -0.2) is 0 Å². The number of carbonyl (C=O) groups is 1. The molecule has 0 aliphatic carbocycles. The van der Waals surface area contributed by atoms with Crippen molar-refractivity contribution in [2.75, 3.05) is 26.2 Å². The number of piperazine rings is 1. The highest BCUT2D eigenvalue weighted by Gasteiger charge is 2.24. The Balaban J connectivity index is 1.40. The predicted octanol–water partition coefficient (Wildman–Crippen LogP) is 3.05. The molecule has 1 saturated heterocycles. The molecule has 0 N–H and O–H groups in total. The molecule has 0 bridgehead atoms. The lowest BCUT2D eigenvalue weighted by Crippen LogP contribution is -2.48. The molecule has 8 heteroatoms. The van der Waals surface area contributed by atoms with Crippen LogP contribution in [0.1, 0.15) is 36.5 Å². The van der Waals surface area contributed by atoms with Crippen molar-refractivity contribution in [2.45, 2.75) is 33.4 Å². The largest absolute Gasteiger partial charge is 0.336 e. The number of aryl methyl sites for hydroxylation is 1. The molecule has 3 heterocycles. The monoisotopic (exact) mass is 458 g/mol. The molecule has 1 amide bonds. The fraction of sp³-hybridized carbons (Fsp3) is 0.385. The van der Waals surface area contributed by atoms with E-state index in [2.05, 4.69) is 28.9 Å². The van der Waals surface area contributed by atoms with Gasteiger partial charge in [0, 0.05) is 38.3 Å². The van der Waals surface area contributed by atoms with Crippen LogP contribution in [-0.2, 0) is 13.1 Å². The van der Waals surface area contributed by atoms with Gasteiger partial charge in [-0.3, -0.25) is 23.5 Å². The number of benzene rings is 2. The molecule has 1 fully saturated rings. The number of amides is 1. The van der Waals surface area contributed by atoms with Crippen molar-refractivity contribution >= 4 is 22.6 Å². The van der Waals surface area contributed by atoms with Crippen LogP contribution in [0.25, 0.3) is 16.7 Å². The summed E-state index contributed by atoms with van der Waals surface area (Å²) >= 11 is 0. The molecule has 1 aliphatic heterocycles. The van der Waals surface area contributed by atoms with Crippen LogP contribution in [0.4, 0.5) is 0 Å². The highest BCUT2D eigenvalue weighted by atomic mass is 16.2. The number of hydrogen-bond donors (Lipinski definition) is 0. The summed E-state index contributed by atoms with van der Waals surface area (Å²) in [4.78, 5) is 30.2. The van der Waals surface area contributed by atoms with Gasteiger partial charge >= 0.3 is 0 Å². The van der Waals surface area contributed by atoms with Crippen molar-refractivity contribution in [2.24, 2.45) is 5.92 Å². The summed E-state index contributed by atoms with van der Waals surface area (Å²) in [5.41, 5.74) is 1.54. The average Bonchev–Trinajstić information content (AvgIpc) is 3.28. The fourth-order valence-electron chi connectivity index (χ4n) is 4.58. The second-order valence-electron chi connectivity index (χ2n) is 9.34. The number of aromatic nitrogens is 4. The molecule has 2 aromatic heterocycles. The van der Waals surface area contributed by atoms with Gasteiger partial charge in [0.15, 0.2) is 5.82 Å². The maximum absolute atomic E-state index is 13.2. The van der Waals surface area contributed by atoms with Gasteiger partial charge in [0.1, 0.15) is 0 Å². The first kappa shape index (κ1) is 22.3. The zero-order chi connectivity index (χ0) is 23.7. The van der Waals surface area contributed by atoms with Crippen molar-refractivity contribution in [1.29, 1.82) is 0 Å². The van der Waals surface area contributed by atoms with E-state index in [1.54, 1.807) is 4.57 Å². The molecule has 2 aromatic carbocycles. The summed E-state index contributed by atoms with van der Waals surface area (Å²) in [6.45, 7) is 8.40. The van der Waals surface area contributed by atoms with Crippen LogP contribution in [0.5, 0.6) is 0 Å². The van der Waals surface area contributed by atoms with E-state index in [0.29, 0.717) is 43.3 Å². The van der Waals surface area contributed by atoms with E-state index >= 15 is 0 Å². The third-order valence-corrected chi connectivity index (χ3v) is 6.55. The van der Waals surface area contributed by atoms with Gasteiger partial charge in [-0.1, -0.05) is 44.2 Å². The summed E-state index contributed by atoms with van der Waals surface area (Å²) in [6, 6.07) is 17.1. The van der Waals surface area contributed by atoms with Gasteiger partial charge in [-0.05, 0) is 36.6 Å². The quantitative estimate of drug-likeness (QED) is 0.444. The molecular formula is C26H30N6O2. The highest BCUT2D eigenvalue weighted by Crippen LogP contribution is 2.18. The molecule has 0 atom stereocenters. The van der Waals surface area contributed by atoms with E-state index < -0.39 is 0 Å². The number of nitrogens with zero attached hydrogens (tertiary/aromatic N) is 6. The van der Waals surface area contributed by atoms with E-state index in [1.165, 1.54) is 0 Å². The molecule has 5 rings (SSSR count). The first-order chi connectivity index (χ1) is 16.5. The summed E-state index contributed by atoms with van der Waals surface area (Å²) in [7, 11) is 0. The van der Waals surface area contributed by atoms with E-state index in [4.69, 9.17) is 0 Å². The number of hydrogen-bond acceptors (Lipinski definition) is 5. The maximum Gasteiger partial charge on any atom is 0.262 e. The minimum Gasteiger partial charge on any atom is -0.336 e. The van der Waals surface area contributed by atoms with Gasteiger partial charge in [0.25, 0.3) is 11.5 Å². The molecule has 0 radical (unpaired) electrons. The molecule has 4 aromatic rings. The Labute approximate surface area is 198 Å². The Hall–Kier alpha value is -3.52. The standard InChI is InChI=1S/C26H30N6O2/c1-19(2)12-13-31-25(34)21-10-6-7-11-22(21)32-23(27-28-26(31)32)18-29-14-16-30(17-15-29)24(33)20-8-4-3-5-9-20/h3-11,19H,12-18H2,1-2H3. The summed E-state index contributed by atoms with van der Waals surface area (Å²) in [6.07, 6.45) is 0.896. The first-order valence-corrected chi connectivity index (χ1v) is 11.9. The van der Waals surface area contributed by atoms with E-state index in [0.717, 1.165) is 36.4 Å². The van der Waals surface area contributed by atoms with Gasteiger partial charge in [0.2, 0.25) is 5.78 Å². The maximum atomic E-state index is 13.2. The minimum absolute atomic E-state index is 0.0178. The number of para-hydroxylation sites is 1. The molecule has 0 spiro atoms. The van der Waals surface area contributed by atoms with Crippen molar-refractivity contribution in [3.8, 4) is 0 Å². The summed E-state index contributed by atoms with van der Waals surface area (Å²) in [5.74, 6) is 1.97. The van der Waals surface area contributed by atoms with Gasteiger partial charge < -0.3 is 4.90 Å². The smallest absolute Gasteiger partial charge is 0.262 e. The van der Waals surface area contributed by atoms with Crippen LogP contribution in [0, 0.1) is 5.92 Å². The molecule has 0 unspecified atom stereocenters. The Bertz CT molecular complexity index is 1370. The SMILES string of the molecule is CC(C)CCn1c(=O)c2ccccc2n2c(CN3CCN(C(=O)c4ccccc4)CC3)nnc12. The lowest BCUT2D eigenvalue weighted by Gasteiger charge is -2.34. The minimum atomic E-state index is -0.0178. The number of carbonyl (C=O) groups excluding carboxylic acids is 1. The highest BCUT2D eigenvalue weighted by molar-refractivity contribution is 5.94. The van der Waals surface area contributed by atoms with Crippen molar-refractivity contribution in [1.82, 2.24) is 29.0 Å². The molecule has 0 saturated carbocycles. The second-order valence-corrected chi connectivity index (χ2v) is 9.34. The first-order valence-electron chi connectivity index (χ1n) is 11.9. The van der Waals surface area contributed by atoms with Gasteiger partial charge in [-0.15, -0.1) is 10.2 Å². The van der Waals surface area contributed by atoms with Crippen molar-refractivity contribution < 1.29 is 4.79 Å². The predicted molar refractivity (Wildman–Crippen MR) is 132 cm³/mol. The lowest BCUT2D eigenvalue weighted by molar-refractivity contribution is 0.0625. The third kappa shape index (κ3) is 4.21. The molecule has 8 nitrogen and oxygen atoms in total. The third-order valence-electron chi connectivity index (χ3n) is 6.55. The second kappa shape index (κ2) is 9.38. The Morgan fingerprint density at radius 3 is 2.38 bits per heavy atom. The summed E-state index contributed by atoms with van der Waals surface area (Å²) in [5, 5.41) is 9.62. The Morgan fingerprint density at radius 1 is 0.941 bits per heavy atom. The van der Waals surface area contributed by atoms with Crippen LogP contribution in [0.3, 0.4) is 0 Å². The van der Waals surface area contributed by atoms with Crippen molar-refractivity contribution in [3.63, 3.8) is 0 Å². The normalized spacial score (nSPS) is 15.0. The average molecular weight is 459 g/mol. The zero-order valence-corrected chi connectivity index (χ0v) is 19.7. The van der Waals surface area contributed by atoms with Crippen LogP contribution < -0.4 is 5.56 Å². The summed E-state index contributed by atoms with van der Waals surface area (Å²) < 4.78 is 3.79. The number of fused-ring (bicyclic) bond motifs is 3. The van der Waals surface area contributed by atoms with Gasteiger partial charge in [-0.2, -0.15) is 0 Å². The fourth-order valence-corrected chi connectivity index (χ4v) is 4.58. The molecular weight excluding hydrogens is 428 g/mol. The van der Waals surface area contributed by atoms with Crippen LogP contribution >= 0.6 is 0 Å².